The Morgan fingerprint density at radius 1 is 0.853 bits per heavy atom. The van der Waals surface area contributed by atoms with E-state index in [9.17, 15) is 9.59 Å². The lowest BCUT2D eigenvalue weighted by Gasteiger charge is -2.21. The van der Waals surface area contributed by atoms with Crippen LogP contribution in [0.3, 0.4) is 0 Å². The first-order valence-corrected chi connectivity index (χ1v) is 12.0. The fourth-order valence-corrected chi connectivity index (χ4v) is 4.68. The van der Waals surface area contributed by atoms with Gasteiger partial charge in [0.05, 0.1) is 17.3 Å². The number of nitrogens with one attached hydrogen (secondary N) is 2. The average Bonchev–Trinajstić information content (AvgIpc) is 3.52. The van der Waals surface area contributed by atoms with Gasteiger partial charge in [-0.1, -0.05) is 29.8 Å². The second kappa shape index (κ2) is 9.59. The first kappa shape index (κ1) is 22.0. The van der Waals surface area contributed by atoms with Crippen molar-refractivity contribution in [3.8, 4) is 0 Å². The fourth-order valence-electron chi connectivity index (χ4n) is 4.68. The van der Waals surface area contributed by atoms with E-state index in [1.54, 1.807) is 4.90 Å². The molecule has 34 heavy (non-hydrogen) atoms. The summed E-state index contributed by atoms with van der Waals surface area (Å²) in [4.78, 5) is 29.9. The van der Waals surface area contributed by atoms with Crippen molar-refractivity contribution < 1.29 is 9.59 Å². The van der Waals surface area contributed by atoms with Crippen LogP contribution in [0.15, 0.2) is 72.8 Å². The number of amides is 2. The van der Waals surface area contributed by atoms with Crippen LogP contribution in [0.2, 0.25) is 0 Å². The van der Waals surface area contributed by atoms with E-state index in [1.165, 1.54) is 24.1 Å². The summed E-state index contributed by atoms with van der Waals surface area (Å²) in [5, 5.41) is 6.41. The number of nitrogens with zero attached hydrogens (tertiary/aromatic N) is 2. The molecule has 1 unspecified atom stereocenters. The minimum atomic E-state index is -0.391. The molecule has 2 saturated heterocycles. The SMILES string of the molecule is Cc1ccc(Nc2ccccc2NC(=O)C2CC(=O)N(c3ccc(N4CCCC4)cc3)C2)cc1. The zero-order valence-electron chi connectivity index (χ0n) is 19.5. The highest BCUT2D eigenvalue weighted by Gasteiger charge is 2.35. The summed E-state index contributed by atoms with van der Waals surface area (Å²) in [6.45, 7) is 4.61. The molecule has 2 aliphatic rings. The highest BCUT2D eigenvalue weighted by molar-refractivity contribution is 6.04. The molecule has 0 aliphatic carbocycles. The van der Waals surface area contributed by atoms with E-state index in [1.807, 2.05) is 67.6 Å². The molecule has 5 rings (SSSR count). The summed E-state index contributed by atoms with van der Waals surface area (Å²) in [7, 11) is 0. The molecule has 0 radical (unpaired) electrons. The smallest absolute Gasteiger partial charge is 0.229 e. The van der Waals surface area contributed by atoms with Gasteiger partial charge in [-0.2, -0.15) is 0 Å². The fraction of sp³-hybridized carbons (Fsp3) is 0.286. The standard InChI is InChI=1S/C28H30N4O2/c1-20-8-10-22(11-9-20)29-25-6-2-3-7-26(25)30-28(34)21-18-27(33)32(19-21)24-14-12-23(13-15-24)31-16-4-5-17-31/h2-3,6-15,21,29H,4-5,16-19H2,1H3,(H,30,34). The monoisotopic (exact) mass is 454 g/mol. The number of benzene rings is 3. The van der Waals surface area contributed by atoms with Crippen molar-refractivity contribution in [2.24, 2.45) is 5.92 Å². The molecule has 2 N–H and O–H groups in total. The third kappa shape index (κ3) is 4.76. The second-order valence-corrected chi connectivity index (χ2v) is 9.14. The van der Waals surface area contributed by atoms with Gasteiger partial charge < -0.3 is 20.4 Å². The summed E-state index contributed by atoms with van der Waals surface area (Å²) in [5.74, 6) is -0.541. The van der Waals surface area contributed by atoms with E-state index < -0.39 is 5.92 Å². The maximum atomic E-state index is 13.1. The maximum absolute atomic E-state index is 13.1. The summed E-state index contributed by atoms with van der Waals surface area (Å²) >= 11 is 0. The average molecular weight is 455 g/mol. The van der Waals surface area contributed by atoms with E-state index >= 15 is 0 Å². The third-order valence-corrected chi connectivity index (χ3v) is 6.64. The summed E-state index contributed by atoms with van der Waals surface area (Å²) in [6.07, 6.45) is 2.67. The third-order valence-electron chi connectivity index (χ3n) is 6.64. The van der Waals surface area contributed by atoms with E-state index in [2.05, 4.69) is 27.7 Å². The van der Waals surface area contributed by atoms with Crippen LogP contribution in [0.1, 0.15) is 24.8 Å². The number of anilines is 5. The van der Waals surface area contributed by atoms with Crippen LogP contribution >= 0.6 is 0 Å². The lowest BCUT2D eigenvalue weighted by atomic mass is 10.1. The molecule has 0 saturated carbocycles. The Bertz CT molecular complexity index is 1170. The van der Waals surface area contributed by atoms with Crippen molar-refractivity contribution in [2.75, 3.05) is 40.1 Å². The van der Waals surface area contributed by atoms with Crippen molar-refractivity contribution in [3.63, 3.8) is 0 Å². The highest BCUT2D eigenvalue weighted by Crippen LogP contribution is 2.30. The molecular formula is C28H30N4O2. The Balaban J connectivity index is 1.25. The number of carbonyl (C=O) groups excluding carboxylic acids is 2. The lowest BCUT2D eigenvalue weighted by molar-refractivity contribution is -0.122. The zero-order valence-corrected chi connectivity index (χ0v) is 19.5. The molecular weight excluding hydrogens is 424 g/mol. The normalized spacial score (nSPS) is 17.8. The molecule has 1 atom stereocenters. The van der Waals surface area contributed by atoms with Crippen LogP contribution in [-0.2, 0) is 9.59 Å². The van der Waals surface area contributed by atoms with E-state index in [-0.39, 0.29) is 18.2 Å². The highest BCUT2D eigenvalue weighted by atomic mass is 16.2. The van der Waals surface area contributed by atoms with E-state index in [0.717, 1.165) is 30.2 Å². The van der Waals surface area contributed by atoms with Crippen LogP contribution in [0.4, 0.5) is 28.4 Å². The minimum absolute atomic E-state index is 0.0138. The molecule has 2 aliphatic heterocycles. The van der Waals surface area contributed by atoms with Crippen molar-refractivity contribution in [1.82, 2.24) is 0 Å². The summed E-state index contributed by atoms with van der Waals surface area (Å²) in [5.41, 5.74) is 5.71. The number of hydrogen-bond donors (Lipinski definition) is 2. The molecule has 0 aromatic heterocycles. The molecule has 3 aromatic carbocycles. The molecule has 0 spiro atoms. The Kier molecular flexibility index (Phi) is 6.21. The Hall–Kier alpha value is -3.80. The van der Waals surface area contributed by atoms with Crippen LogP contribution < -0.4 is 20.4 Å². The predicted molar refractivity (Wildman–Crippen MR) is 138 cm³/mol. The van der Waals surface area contributed by atoms with E-state index in [0.29, 0.717) is 12.2 Å². The maximum Gasteiger partial charge on any atom is 0.229 e. The largest absolute Gasteiger partial charge is 0.372 e. The van der Waals surface area contributed by atoms with Gasteiger partial charge >= 0.3 is 0 Å². The number of hydrogen-bond acceptors (Lipinski definition) is 4. The first-order valence-electron chi connectivity index (χ1n) is 12.0. The Labute approximate surface area is 200 Å². The molecule has 0 bridgehead atoms. The summed E-state index contributed by atoms with van der Waals surface area (Å²) < 4.78 is 0. The Morgan fingerprint density at radius 3 is 2.21 bits per heavy atom. The van der Waals surface area contributed by atoms with Crippen molar-refractivity contribution >= 4 is 40.3 Å². The van der Waals surface area contributed by atoms with Crippen LogP contribution in [0.25, 0.3) is 0 Å². The molecule has 2 fully saturated rings. The van der Waals surface area contributed by atoms with Gasteiger partial charge in [0.2, 0.25) is 11.8 Å². The number of para-hydroxylation sites is 2. The number of rotatable bonds is 6. The molecule has 2 amide bonds. The summed E-state index contributed by atoms with van der Waals surface area (Å²) in [6, 6.07) is 23.9. The van der Waals surface area contributed by atoms with Crippen molar-refractivity contribution in [2.45, 2.75) is 26.2 Å². The van der Waals surface area contributed by atoms with Crippen LogP contribution in [0.5, 0.6) is 0 Å². The predicted octanol–water partition coefficient (Wildman–Crippen LogP) is 5.33. The molecule has 174 valence electrons. The number of carbonyl (C=O) groups is 2. The van der Waals surface area contributed by atoms with E-state index in [4.69, 9.17) is 0 Å². The number of aryl methyl sites for hydroxylation is 1. The first-order chi connectivity index (χ1) is 16.6. The zero-order chi connectivity index (χ0) is 23.5. The van der Waals surface area contributed by atoms with Gasteiger partial charge in [0.25, 0.3) is 0 Å². The van der Waals surface area contributed by atoms with Gasteiger partial charge in [0, 0.05) is 43.1 Å². The van der Waals surface area contributed by atoms with Gasteiger partial charge in [0.1, 0.15) is 0 Å². The van der Waals surface area contributed by atoms with Gasteiger partial charge in [-0.15, -0.1) is 0 Å². The van der Waals surface area contributed by atoms with Gasteiger partial charge in [-0.25, -0.2) is 0 Å². The molecule has 6 nitrogen and oxygen atoms in total. The Morgan fingerprint density at radius 2 is 1.50 bits per heavy atom. The molecule has 3 aromatic rings. The van der Waals surface area contributed by atoms with Crippen molar-refractivity contribution in [3.05, 3.63) is 78.4 Å². The molecule has 2 heterocycles. The quantitative estimate of drug-likeness (QED) is 0.528. The topological polar surface area (TPSA) is 64.7 Å². The van der Waals surface area contributed by atoms with Gasteiger partial charge in [-0.05, 0) is 68.3 Å². The van der Waals surface area contributed by atoms with Crippen LogP contribution in [0, 0.1) is 12.8 Å². The van der Waals surface area contributed by atoms with Gasteiger partial charge in [0.15, 0.2) is 0 Å². The molecule has 6 heteroatoms. The second-order valence-electron chi connectivity index (χ2n) is 9.14. The van der Waals surface area contributed by atoms with Crippen LogP contribution in [-0.4, -0.2) is 31.4 Å². The van der Waals surface area contributed by atoms with Gasteiger partial charge in [-0.3, -0.25) is 9.59 Å². The lowest BCUT2D eigenvalue weighted by Crippen LogP contribution is -2.28. The van der Waals surface area contributed by atoms with Crippen molar-refractivity contribution in [1.29, 1.82) is 0 Å². The minimum Gasteiger partial charge on any atom is -0.372 e.